The van der Waals surface area contributed by atoms with E-state index in [1.807, 2.05) is 60.7 Å². The van der Waals surface area contributed by atoms with Crippen molar-refractivity contribution in [2.75, 3.05) is 4.90 Å². The SMILES string of the molecule is CCCCCCCCCCC1(CCCCCCCCCC)OC(=C(C#N)C#N)C(C#N)=C1/C=C/c1ccc(N(c2ccccc2)c2ccccc2)cc1. The molecular formula is C48H58N4O. The van der Waals surface area contributed by atoms with Crippen LogP contribution in [0.2, 0.25) is 0 Å². The van der Waals surface area contributed by atoms with E-state index >= 15 is 0 Å². The molecule has 0 saturated heterocycles. The quantitative estimate of drug-likeness (QED) is 0.0724. The van der Waals surface area contributed by atoms with Gasteiger partial charge in [-0.1, -0.05) is 164 Å². The molecule has 0 aliphatic carbocycles. The van der Waals surface area contributed by atoms with E-state index in [9.17, 15) is 15.8 Å². The lowest BCUT2D eigenvalue weighted by Gasteiger charge is -2.31. The number of rotatable bonds is 23. The zero-order valence-corrected chi connectivity index (χ0v) is 32.2. The van der Waals surface area contributed by atoms with Crippen LogP contribution >= 0.6 is 0 Å². The van der Waals surface area contributed by atoms with Crippen molar-refractivity contribution in [2.45, 2.75) is 135 Å². The summed E-state index contributed by atoms with van der Waals surface area (Å²) in [5.74, 6) is 0.146. The highest BCUT2D eigenvalue weighted by molar-refractivity contribution is 5.77. The van der Waals surface area contributed by atoms with Gasteiger partial charge in [0.15, 0.2) is 11.3 Å². The zero-order valence-electron chi connectivity index (χ0n) is 32.2. The molecular weight excluding hydrogens is 649 g/mol. The molecule has 1 aliphatic rings. The van der Waals surface area contributed by atoms with Crippen molar-refractivity contribution in [3.8, 4) is 18.2 Å². The van der Waals surface area contributed by atoms with Gasteiger partial charge < -0.3 is 9.64 Å². The van der Waals surface area contributed by atoms with Crippen LogP contribution in [0.3, 0.4) is 0 Å². The number of benzene rings is 3. The number of nitrogens with zero attached hydrogens (tertiary/aromatic N) is 4. The second-order valence-electron chi connectivity index (χ2n) is 14.3. The van der Waals surface area contributed by atoms with Crippen LogP contribution in [-0.4, -0.2) is 5.60 Å². The average Bonchev–Trinajstić information content (AvgIpc) is 3.50. The molecule has 276 valence electrons. The maximum absolute atomic E-state index is 10.5. The molecule has 0 atom stereocenters. The van der Waals surface area contributed by atoms with Crippen LogP contribution in [0, 0.1) is 34.0 Å². The molecule has 0 amide bonds. The smallest absolute Gasteiger partial charge is 0.172 e. The van der Waals surface area contributed by atoms with Gasteiger partial charge in [0.1, 0.15) is 29.4 Å². The number of para-hydroxylation sites is 2. The van der Waals surface area contributed by atoms with Crippen molar-refractivity contribution < 1.29 is 4.74 Å². The fraction of sp³-hybridized carbons (Fsp3) is 0.438. The lowest BCUT2D eigenvalue weighted by molar-refractivity contribution is 0.0386. The number of allylic oxidation sites excluding steroid dienone is 2. The van der Waals surface area contributed by atoms with Gasteiger partial charge in [-0.2, -0.15) is 15.8 Å². The van der Waals surface area contributed by atoms with Gasteiger partial charge in [-0.25, -0.2) is 0 Å². The number of anilines is 3. The Balaban J connectivity index is 1.63. The minimum atomic E-state index is -0.752. The van der Waals surface area contributed by atoms with Crippen molar-refractivity contribution in [2.24, 2.45) is 0 Å². The molecule has 3 aromatic rings. The van der Waals surface area contributed by atoms with E-state index in [4.69, 9.17) is 4.74 Å². The summed E-state index contributed by atoms with van der Waals surface area (Å²) in [6.07, 6.45) is 24.7. The molecule has 4 rings (SSSR count). The molecule has 0 unspecified atom stereocenters. The molecule has 0 fully saturated rings. The third-order valence-corrected chi connectivity index (χ3v) is 10.3. The number of nitriles is 3. The molecule has 1 aliphatic heterocycles. The minimum absolute atomic E-state index is 0.132. The zero-order chi connectivity index (χ0) is 37.6. The Bertz CT molecular complexity index is 1670. The number of hydrogen-bond acceptors (Lipinski definition) is 5. The molecule has 5 nitrogen and oxygen atoms in total. The van der Waals surface area contributed by atoms with Gasteiger partial charge in [-0.3, -0.25) is 0 Å². The first-order valence-corrected chi connectivity index (χ1v) is 20.2. The Labute approximate surface area is 319 Å². The summed E-state index contributed by atoms with van der Waals surface area (Å²) in [5.41, 5.74) is 4.40. The summed E-state index contributed by atoms with van der Waals surface area (Å²) < 4.78 is 6.75. The third-order valence-electron chi connectivity index (χ3n) is 10.3. The van der Waals surface area contributed by atoms with Crippen LogP contribution in [0.25, 0.3) is 6.08 Å². The molecule has 0 bridgehead atoms. The molecule has 53 heavy (non-hydrogen) atoms. The average molecular weight is 707 g/mol. The standard InChI is InChI=1S/C48H58N4O/c1-3-5-7-9-11-13-15-23-35-48(36-24-16-14-12-10-8-6-4-2)46(45(39-51)47(53-48)41(37-49)38-50)34-31-40-29-32-44(33-30-40)52(42-25-19-17-20-26-42)43-27-21-18-22-28-43/h17-22,25-34H,3-16,23-24,35-36H2,1-2H3/b34-31+. The summed E-state index contributed by atoms with van der Waals surface area (Å²) in [5, 5.41) is 30.3. The fourth-order valence-corrected chi connectivity index (χ4v) is 7.40. The Kier molecular flexibility index (Phi) is 17.5. The van der Waals surface area contributed by atoms with Crippen molar-refractivity contribution >= 4 is 23.1 Å². The number of ether oxygens (including phenoxy) is 1. The molecule has 0 radical (unpaired) electrons. The van der Waals surface area contributed by atoms with Crippen LogP contribution in [0.5, 0.6) is 0 Å². The van der Waals surface area contributed by atoms with Gasteiger partial charge >= 0.3 is 0 Å². The Morgan fingerprint density at radius 3 is 1.43 bits per heavy atom. The second kappa shape index (κ2) is 22.8. The van der Waals surface area contributed by atoms with Crippen molar-refractivity contribution in [3.63, 3.8) is 0 Å². The molecule has 0 spiro atoms. The predicted molar refractivity (Wildman–Crippen MR) is 219 cm³/mol. The first-order chi connectivity index (χ1) is 26.1. The van der Waals surface area contributed by atoms with Gasteiger partial charge in [0.2, 0.25) is 0 Å². The molecule has 0 aromatic heterocycles. The van der Waals surface area contributed by atoms with E-state index < -0.39 is 5.60 Å². The second-order valence-corrected chi connectivity index (χ2v) is 14.3. The Hall–Kier alpha value is -5.05. The lowest BCUT2D eigenvalue weighted by atomic mass is 9.81. The maximum atomic E-state index is 10.5. The van der Waals surface area contributed by atoms with Gasteiger partial charge in [-0.15, -0.1) is 0 Å². The van der Waals surface area contributed by atoms with Gasteiger partial charge in [-0.05, 0) is 67.6 Å². The summed E-state index contributed by atoms with van der Waals surface area (Å²) in [6, 6.07) is 35.5. The fourth-order valence-electron chi connectivity index (χ4n) is 7.40. The van der Waals surface area contributed by atoms with Gasteiger partial charge in [0.05, 0.1) is 0 Å². The molecule has 3 aromatic carbocycles. The predicted octanol–water partition coefficient (Wildman–Crippen LogP) is 14.1. The first-order valence-electron chi connectivity index (χ1n) is 20.2. The normalized spacial score (nSPS) is 13.4. The minimum Gasteiger partial charge on any atom is -0.479 e. The van der Waals surface area contributed by atoms with E-state index in [0.717, 1.165) is 66.7 Å². The Morgan fingerprint density at radius 1 is 0.566 bits per heavy atom. The monoisotopic (exact) mass is 706 g/mol. The van der Waals surface area contributed by atoms with Crippen LogP contribution in [0.4, 0.5) is 17.1 Å². The number of unbranched alkanes of at least 4 members (excludes halogenated alkanes) is 14. The summed E-state index contributed by atoms with van der Waals surface area (Å²) in [4.78, 5) is 2.23. The van der Waals surface area contributed by atoms with Crippen LogP contribution in [0.15, 0.2) is 113 Å². The molecule has 1 heterocycles. The van der Waals surface area contributed by atoms with E-state index in [1.54, 1.807) is 0 Å². The van der Waals surface area contributed by atoms with E-state index in [-0.39, 0.29) is 11.3 Å². The third kappa shape index (κ3) is 12.0. The molecule has 0 N–H and O–H groups in total. The summed E-state index contributed by atoms with van der Waals surface area (Å²) >= 11 is 0. The Morgan fingerprint density at radius 2 is 1.00 bits per heavy atom. The van der Waals surface area contributed by atoms with E-state index in [0.29, 0.717) is 5.57 Å². The highest BCUT2D eigenvalue weighted by Crippen LogP contribution is 2.47. The maximum Gasteiger partial charge on any atom is 0.172 e. The van der Waals surface area contributed by atoms with Gasteiger partial charge in [0.25, 0.3) is 0 Å². The first kappa shape index (κ1) is 40.7. The van der Waals surface area contributed by atoms with Crippen LogP contribution in [0.1, 0.15) is 135 Å². The molecule has 5 heteroatoms. The summed E-state index contributed by atoms with van der Waals surface area (Å²) in [7, 11) is 0. The van der Waals surface area contributed by atoms with Crippen molar-refractivity contribution in [1.82, 2.24) is 0 Å². The lowest BCUT2D eigenvalue weighted by Crippen LogP contribution is -2.31. The van der Waals surface area contributed by atoms with Crippen molar-refractivity contribution in [1.29, 1.82) is 15.8 Å². The van der Waals surface area contributed by atoms with E-state index in [1.165, 1.54) is 77.0 Å². The van der Waals surface area contributed by atoms with E-state index in [2.05, 4.69) is 73.3 Å². The highest BCUT2D eigenvalue weighted by atomic mass is 16.5. The van der Waals surface area contributed by atoms with Gasteiger partial charge in [0, 0.05) is 22.6 Å². The van der Waals surface area contributed by atoms with Crippen LogP contribution in [-0.2, 0) is 4.74 Å². The molecule has 0 saturated carbocycles. The topological polar surface area (TPSA) is 83.8 Å². The highest BCUT2D eigenvalue weighted by Gasteiger charge is 2.45. The largest absolute Gasteiger partial charge is 0.479 e. The van der Waals surface area contributed by atoms with Crippen molar-refractivity contribution in [3.05, 3.63) is 119 Å². The van der Waals surface area contributed by atoms with Crippen LogP contribution < -0.4 is 4.90 Å². The summed E-state index contributed by atoms with van der Waals surface area (Å²) in [6.45, 7) is 4.49. The number of hydrogen-bond donors (Lipinski definition) is 0.